The van der Waals surface area contributed by atoms with Crippen LogP contribution in [0.25, 0.3) is 16.6 Å². The molecule has 0 radical (unpaired) electrons. The smallest absolute Gasteiger partial charge is 0.316 e. The normalized spacial score (nSPS) is 18.1. The van der Waals surface area contributed by atoms with Crippen LogP contribution in [0.4, 0.5) is 15.8 Å². The highest BCUT2D eigenvalue weighted by Crippen LogP contribution is 2.31. The van der Waals surface area contributed by atoms with Crippen molar-refractivity contribution in [1.29, 1.82) is 0 Å². The van der Waals surface area contributed by atoms with Crippen LogP contribution in [0.15, 0.2) is 36.8 Å². The van der Waals surface area contributed by atoms with Gasteiger partial charge in [-0.05, 0) is 46.4 Å². The minimum absolute atomic E-state index is 0.263. The Morgan fingerprint density at radius 2 is 1.86 bits per heavy atom. The van der Waals surface area contributed by atoms with Crippen LogP contribution in [0.3, 0.4) is 0 Å². The second-order valence-electron chi connectivity index (χ2n) is 9.24. The number of nitrogens with one attached hydrogen (secondary N) is 1. The van der Waals surface area contributed by atoms with Crippen LogP contribution < -0.4 is 15.0 Å². The van der Waals surface area contributed by atoms with Gasteiger partial charge in [0, 0.05) is 60.9 Å². The highest BCUT2D eigenvalue weighted by Gasteiger charge is 2.27. The number of fused-ring (bicyclic) bond motifs is 2. The first kappa shape index (κ1) is 25.3. The number of methoxy groups -OCH3 is 1. The molecule has 1 saturated heterocycles. The third kappa shape index (κ3) is 5.08. The Kier molecular flexibility index (Phi) is 7.35. The van der Waals surface area contributed by atoms with Gasteiger partial charge in [-0.2, -0.15) is 4.98 Å². The molecule has 1 amide bonds. The molecule has 1 aromatic carbocycles. The first-order valence-corrected chi connectivity index (χ1v) is 11.8. The molecule has 4 aromatic rings. The number of nitrogens with zero attached hydrogens (tertiary/aromatic N) is 6. The van der Waals surface area contributed by atoms with E-state index in [-0.39, 0.29) is 5.65 Å². The molecular formula is C26H32FN7O2. The van der Waals surface area contributed by atoms with Crippen LogP contribution in [0.1, 0.15) is 25.1 Å². The average molecular weight is 494 g/mol. The number of halogens is 1. The zero-order chi connectivity index (χ0) is 26.0. The van der Waals surface area contributed by atoms with Gasteiger partial charge in [0.2, 0.25) is 6.41 Å². The summed E-state index contributed by atoms with van der Waals surface area (Å²) in [7, 11) is 3.80. The maximum atomic E-state index is 13.3. The molecule has 9 nitrogen and oxygen atoms in total. The molecule has 5 rings (SSSR count). The summed E-state index contributed by atoms with van der Waals surface area (Å²) in [5.41, 5.74) is 4.74. The Morgan fingerprint density at radius 1 is 1.14 bits per heavy atom. The molecule has 4 heterocycles. The van der Waals surface area contributed by atoms with E-state index >= 15 is 0 Å². The lowest BCUT2D eigenvalue weighted by Gasteiger charge is -2.43. The highest BCUT2D eigenvalue weighted by molar-refractivity contribution is 5.93. The van der Waals surface area contributed by atoms with Crippen molar-refractivity contribution in [3.63, 3.8) is 0 Å². The van der Waals surface area contributed by atoms with Crippen molar-refractivity contribution in [2.45, 2.75) is 39.8 Å². The number of ether oxygens (including phenoxy) is 1. The van der Waals surface area contributed by atoms with E-state index < -0.39 is 5.82 Å². The highest BCUT2D eigenvalue weighted by atomic mass is 19.1. The van der Waals surface area contributed by atoms with Crippen molar-refractivity contribution >= 4 is 34.3 Å². The molecule has 190 valence electrons. The lowest BCUT2D eigenvalue weighted by molar-refractivity contribution is -0.105. The standard InChI is InChI=1S/C17H24N4O.C9H8FN3O/c1-11-6-7-15(14-8-18-17(22-5)19-16(11)14)21-9-12(2)20(4)13(3)10-21;1-6-3-13-4-7(11-5-14)2-8(10)9(13)12-6/h6-8,12-13H,9-10H2,1-5H3;2-5H,1H3,(H,11,14). The summed E-state index contributed by atoms with van der Waals surface area (Å²) >= 11 is 0. The Labute approximate surface area is 209 Å². The Morgan fingerprint density at radius 3 is 2.53 bits per heavy atom. The monoisotopic (exact) mass is 493 g/mol. The first-order valence-electron chi connectivity index (χ1n) is 11.8. The van der Waals surface area contributed by atoms with Gasteiger partial charge in [-0.15, -0.1) is 0 Å². The number of aryl methyl sites for hydroxylation is 2. The van der Waals surface area contributed by atoms with E-state index in [1.54, 1.807) is 26.4 Å². The second kappa shape index (κ2) is 10.4. The number of carbonyl (C=O) groups is 1. The zero-order valence-corrected chi connectivity index (χ0v) is 21.5. The number of likely N-dealkylation sites (N-methyl/N-ethyl adjacent to an activating group) is 1. The summed E-state index contributed by atoms with van der Waals surface area (Å²) in [6.45, 7) is 10.4. The van der Waals surface area contributed by atoms with Crippen LogP contribution in [-0.4, -0.2) is 70.0 Å². The molecule has 1 aliphatic rings. The molecule has 0 bridgehead atoms. The number of carbonyl (C=O) groups excluding carboxylic acids is 1. The van der Waals surface area contributed by atoms with Crippen molar-refractivity contribution in [2.24, 2.45) is 0 Å². The van der Waals surface area contributed by atoms with Gasteiger partial charge in [-0.3, -0.25) is 9.69 Å². The summed E-state index contributed by atoms with van der Waals surface area (Å²) in [5, 5.41) is 3.48. The van der Waals surface area contributed by atoms with Crippen molar-refractivity contribution in [3.8, 4) is 6.01 Å². The van der Waals surface area contributed by atoms with E-state index in [0.717, 1.165) is 35.2 Å². The van der Waals surface area contributed by atoms with Crippen LogP contribution in [0.2, 0.25) is 0 Å². The van der Waals surface area contributed by atoms with Gasteiger partial charge in [0.05, 0.1) is 24.0 Å². The third-order valence-corrected chi connectivity index (χ3v) is 6.64. The van der Waals surface area contributed by atoms with Gasteiger partial charge in [0.1, 0.15) is 0 Å². The van der Waals surface area contributed by atoms with Gasteiger partial charge >= 0.3 is 6.01 Å². The van der Waals surface area contributed by atoms with Crippen LogP contribution in [0.5, 0.6) is 6.01 Å². The number of pyridine rings is 1. The molecule has 36 heavy (non-hydrogen) atoms. The van der Waals surface area contributed by atoms with Crippen LogP contribution >= 0.6 is 0 Å². The van der Waals surface area contributed by atoms with Crippen molar-refractivity contribution < 1.29 is 13.9 Å². The van der Waals surface area contributed by atoms with Gasteiger partial charge in [-0.25, -0.2) is 14.4 Å². The number of hydrogen-bond donors (Lipinski definition) is 1. The molecule has 1 aliphatic heterocycles. The number of imidazole rings is 1. The number of aromatic nitrogens is 4. The molecule has 0 aliphatic carbocycles. The molecule has 3 aromatic heterocycles. The van der Waals surface area contributed by atoms with E-state index in [4.69, 9.17) is 4.74 Å². The molecule has 2 unspecified atom stereocenters. The number of rotatable bonds is 4. The SMILES string of the molecule is COc1ncc2c(N3CC(C)N(C)C(C)C3)ccc(C)c2n1.Cc1cn2cc(NC=O)cc(F)c2n1. The summed E-state index contributed by atoms with van der Waals surface area (Å²) < 4.78 is 20.1. The fourth-order valence-corrected chi connectivity index (χ4v) is 4.53. The molecule has 2 atom stereocenters. The predicted octanol–water partition coefficient (Wildman–Crippen LogP) is 3.83. The van der Waals surface area contributed by atoms with Gasteiger partial charge < -0.3 is 19.4 Å². The predicted molar refractivity (Wildman–Crippen MR) is 139 cm³/mol. The minimum atomic E-state index is -0.454. The Hall–Kier alpha value is -3.79. The van der Waals surface area contributed by atoms with Crippen molar-refractivity contribution in [1.82, 2.24) is 24.3 Å². The van der Waals surface area contributed by atoms with Crippen molar-refractivity contribution in [2.75, 3.05) is 37.5 Å². The van der Waals surface area contributed by atoms with E-state index in [0.29, 0.717) is 30.2 Å². The van der Waals surface area contributed by atoms with Gasteiger partial charge in [0.15, 0.2) is 11.5 Å². The number of piperazine rings is 1. The minimum Gasteiger partial charge on any atom is -0.467 e. The van der Waals surface area contributed by atoms with Crippen LogP contribution in [0, 0.1) is 19.7 Å². The topological polar surface area (TPSA) is 87.9 Å². The maximum Gasteiger partial charge on any atom is 0.316 e. The Balaban J connectivity index is 0.000000187. The molecule has 10 heteroatoms. The molecule has 1 fully saturated rings. The molecule has 0 spiro atoms. The lowest BCUT2D eigenvalue weighted by atomic mass is 10.0. The number of amides is 1. The van der Waals surface area contributed by atoms with E-state index in [1.165, 1.54) is 16.2 Å². The zero-order valence-electron chi connectivity index (χ0n) is 21.5. The van der Waals surface area contributed by atoms with Gasteiger partial charge in [-0.1, -0.05) is 6.07 Å². The largest absolute Gasteiger partial charge is 0.467 e. The average Bonchev–Trinajstić information content (AvgIpc) is 3.24. The van der Waals surface area contributed by atoms with Crippen LogP contribution in [-0.2, 0) is 4.79 Å². The molecule has 0 saturated carbocycles. The number of anilines is 2. The number of hydrogen-bond acceptors (Lipinski definition) is 7. The summed E-state index contributed by atoms with van der Waals surface area (Å²) in [4.78, 5) is 27.9. The first-order chi connectivity index (χ1) is 17.2. The quantitative estimate of drug-likeness (QED) is 0.433. The fraction of sp³-hybridized carbons (Fsp3) is 0.385. The van der Waals surface area contributed by atoms with E-state index in [9.17, 15) is 9.18 Å². The third-order valence-electron chi connectivity index (χ3n) is 6.64. The molecule has 1 N–H and O–H groups in total. The van der Waals surface area contributed by atoms with Gasteiger partial charge in [0.25, 0.3) is 0 Å². The van der Waals surface area contributed by atoms with Crippen molar-refractivity contribution in [3.05, 3.63) is 53.9 Å². The second-order valence-corrected chi connectivity index (χ2v) is 9.24. The number of benzene rings is 1. The summed E-state index contributed by atoms with van der Waals surface area (Å²) in [6, 6.07) is 7.04. The maximum absolute atomic E-state index is 13.3. The summed E-state index contributed by atoms with van der Waals surface area (Å²) in [5.74, 6) is -0.454. The lowest BCUT2D eigenvalue weighted by Crippen LogP contribution is -2.55. The summed E-state index contributed by atoms with van der Waals surface area (Å²) in [6.07, 6.45) is 5.68. The van der Waals surface area contributed by atoms with E-state index in [2.05, 4.69) is 70.0 Å². The van der Waals surface area contributed by atoms with E-state index in [1.807, 2.05) is 6.20 Å². The Bertz CT molecular complexity index is 1380. The fourth-order valence-electron chi connectivity index (χ4n) is 4.53. The molecular weight excluding hydrogens is 461 g/mol.